The topological polar surface area (TPSA) is 130 Å². The Hall–Kier alpha value is -4.90. The van der Waals surface area contributed by atoms with E-state index < -0.39 is 36.6 Å². The molecular weight excluding hydrogens is 602 g/mol. The molecule has 1 heterocycles. The summed E-state index contributed by atoms with van der Waals surface area (Å²) in [5.74, 6) is 0.582. The largest absolute Gasteiger partial charge is 0.497 e. The molecule has 4 aromatic rings. The van der Waals surface area contributed by atoms with Crippen LogP contribution in [0.5, 0.6) is 11.5 Å². The standard InChI is InChI=1S/C36H37N3O8/c1-41-29-17-13-27(14-18-29)23-45-34-33(44-22-26-11-7-4-8-12-26)32(43-21-25-9-5-3-6-10-25)31(38-39-37)35(40)47-36(34)46-24-28-15-19-30(42-2)20-16-28/h3-20,31-34,36H,21-24H2,1-2H3/t31-,32-,33+,34-,36-/m0/s1. The summed E-state index contributed by atoms with van der Waals surface area (Å²) < 4.78 is 42.1. The zero-order valence-electron chi connectivity index (χ0n) is 26.2. The Morgan fingerprint density at radius 3 is 1.49 bits per heavy atom. The van der Waals surface area contributed by atoms with Crippen LogP contribution in [0.1, 0.15) is 22.3 Å². The molecule has 0 saturated carbocycles. The van der Waals surface area contributed by atoms with E-state index >= 15 is 0 Å². The number of hydrogen-bond acceptors (Lipinski definition) is 9. The van der Waals surface area contributed by atoms with Crippen molar-refractivity contribution < 1.29 is 38.0 Å². The van der Waals surface area contributed by atoms with Crippen molar-refractivity contribution in [2.45, 2.75) is 57.1 Å². The maximum absolute atomic E-state index is 13.7. The number of carbonyl (C=O) groups excluding carboxylic acids is 1. The lowest BCUT2D eigenvalue weighted by molar-refractivity contribution is -0.239. The number of hydrogen-bond donors (Lipinski definition) is 0. The monoisotopic (exact) mass is 639 g/mol. The molecule has 0 aromatic heterocycles. The first kappa shape index (κ1) is 33.5. The van der Waals surface area contributed by atoms with Crippen LogP contribution >= 0.6 is 0 Å². The third-order valence-corrected chi connectivity index (χ3v) is 7.62. The normalized spacial score (nSPS) is 20.8. The molecule has 0 spiro atoms. The van der Waals surface area contributed by atoms with Gasteiger partial charge in [-0.1, -0.05) is 90.0 Å². The van der Waals surface area contributed by atoms with Crippen LogP contribution in [0.15, 0.2) is 114 Å². The molecule has 0 radical (unpaired) electrons. The van der Waals surface area contributed by atoms with Gasteiger partial charge in [-0.25, -0.2) is 0 Å². The summed E-state index contributed by atoms with van der Waals surface area (Å²) >= 11 is 0. The number of benzene rings is 4. The van der Waals surface area contributed by atoms with Crippen molar-refractivity contribution in [3.05, 3.63) is 142 Å². The van der Waals surface area contributed by atoms with Crippen LogP contribution in [0, 0.1) is 0 Å². The van der Waals surface area contributed by atoms with Gasteiger partial charge in [0.2, 0.25) is 6.29 Å². The van der Waals surface area contributed by atoms with Crippen molar-refractivity contribution in [3.8, 4) is 11.5 Å². The molecule has 5 atom stereocenters. The van der Waals surface area contributed by atoms with E-state index in [0.29, 0.717) is 11.5 Å². The summed E-state index contributed by atoms with van der Waals surface area (Å²) in [7, 11) is 3.19. The molecular formula is C36H37N3O8. The summed E-state index contributed by atoms with van der Waals surface area (Å²) in [5, 5.41) is 3.83. The van der Waals surface area contributed by atoms with Gasteiger partial charge in [-0.05, 0) is 52.1 Å². The fraction of sp³-hybridized carbons (Fsp3) is 0.306. The minimum Gasteiger partial charge on any atom is -0.497 e. The Morgan fingerprint density at radius 2 is 1.02 bits per heavy atom. The van der Waals surface area contributed by atoms with E-state index in [0.717, 1.165) is 22.3 Å². The van der Waals surface area contributed by atoms with Crippen molar-refractivity contribution in [1.29, 1.82) is 0 Å². The van der Waals surface area contributed by atoms with E-state index in [4.69, 9.17) is 33.2 Å². The van der Waals surface area contributed by atoms with Gasteiger partial charge in [-0.15, -0.1) is 0 Å². The average Bonchev–Trinajstić information content (AvgIpc) is 3.22. The number of methoxy groups -OCH3 is 2. The number of nitrogens with zero attached hydrogens (tertiary/aromatic N) is 3. The van der Waals surface area contributed by atoms with Gasteiger partial charge in [0.1, 0.15) is 29.8 Å². The highest BCUT2D eigenvalue weighted by atomic mass is 16.7. The van der Waals surface area contributed by atoms with Crippen LogP contribution in [0.4, 0.5) is 0 Å². The zero-order chi connectivity index (χ0) is 32.8. The van der Waals surface area contributed by atoms with Gasteiger partial charge in [0.15, 0.2) is 6.04 Å². The third kappa shape index (κ3) is 9.32. The summed E-state index contributed by atoms with van der Waals surface area (Å²) in [6, 6.07) is 32.4. The minimum absolute atomic E-state index is 0.0808. The maximum atomic E-state index is 13.7. The lowest BCUT2D eigenvalue weighted by atomic mass is 10.0. The van der Waals surface area contributed by atoms with E-state index in [-0.39, 0.29) is 26.4 Å². The summed E-state index contributed by atoms with van der Waals surface area (Å²) in [5.41, 5.74) is 12.9. The Labute approximate surface area is 273 Å². The lowest BCUT2D eigenvalue weighted by Crippen LogP contribution is -2.50. The molecule has 5 rings (SSSR count). The summed E-state index contributed by atoms with van der Waals surface area (Å²) in [4.78, 5) is 16.6. The van der Waals surface area contributed by atoms with Gasteiger partial charge in [0, 0.05) is 4.91 Å². The molecule has 1 aliphatic rings. The molecule has 0 amide bonds. The van der Waals surface area contributed by atoms with Gasteiger partial charge in [0.05, 0.1) is 40.6 Å². The second-order valence-electron chi connectivity index (χ2n) is 10.8. The van der Waals surface area contributed by atoms with Crippen LogP contribution in [0.25, 0.3) is 10.4 Å². The highest BCUT2D eigenvalue weighted by Gasteiger charge is 2.50. The second kappa shape index (κ2) is 17.1. The number of azide groups is 1. The summed E-state index contributed by atoms with van der Waals surface area (Å²) in [6.07, 6.45) is -4.30. The van der Waals surface area contributed by atoms with Crippen LogP contribution in [-0.4, -0.2) is 50.8 Å². The van der Waals surface area contributed by atoms with Gasteiger partial charge in [-0.3, -0.25) is 4.79 Å². The molecule has 1 aliphatic heterocycles. The molecule has 0 aliphatic carbocycles. The molecule has 0 unspecified atom stereocenters. The highest BCUT2D eigenvalue weighted by molar-refractivity contribution is 5.77. The lowest BCUT2D eigenvalue weighted by Gasteiger charge is -2.34. The van der Waals surface area contributed by atoms with Crippen molar-refractivity contribution in [1.82, 2.24) is 0 Å². The predicted molar refractivity (Wildman–Crippen MR) is 172 cm³/mol. The van der Waals surface area contributed by atoms with Crippen molar-refractivity contribution >= 4 is 5.97 Å². The Bertz CT molecular complexity index is 1580. The van der Waals surface area contributed by atoms with Crippen LogP contribution in [0.3, 0.4) is 0 Å². The first-order chi connectivity index (χ1) is 23.1. The first-order valence-corrected chi connectivity index (χ1v) is 15.1. The van der Waals surface area contributed by atoms with E-state index in [1.807, 2.05) is 109 Å². The third-order valence-electron chi connectivity index (χ3n) is 7.62. The number of cyclic esters (lactones) is 1. The van der Waals surface area contributed by atoms with Crippen molar-refractivity contribution in [2.24, 2.45) is 5.11 Å². The van der Waals surface area contributed by atoms with Gasteiger partial charge in [0.25, 0.3) is 0 Å². The molecule has 4 aromatic carbocycles. The maximum Gasteiger partial charge on any atom is 0.320 e. The average molecular weight is 640 g/mol. The van der Waals surface area contributed by atoms with Gasteiger partial charge in [-0.2, -0.15) is 0 Å². The molecule has 47 heavy (non-hydrogen) atoms. The zero-order valence-corrected chi connectivity index (χ0v) is 26.2. The Morgan fingerprint density at radius 1 is 0.596 bits per heavy atom. The van der Waals surface area contributed by atoms with Crippen LogP contribution < -0.4 is 9.47 Å². The molecule has 1 saturated heterocycles. The fourth-order valence-electron chi connectivity index (χ4n) is 5.10. The molecule has 11 nitrogen and oxygen atoms in total. The van der Waals surface area contributed by atoms with E-state index in [2.05, 4.69) is 10.0 Å². The second-order valence-corrected chi connectivity index (χ2v) is 10.8. The van der Waals surface area contributed by atoms with E-state index in [1.54, 1.807) is 14.2 Å². The molecule has 11 heteroatoms. The van der Waals surface area contributed by atoms with Gasteiger partial charge >= 0.3 is 5.97 Å². The van der Waals surface area contributed by atoms with Gasteiger partial charge < -0.3 is 33.2 Å². The van der Waals surface area contributed by atoms with Crippen molar-refractivity contribution in [3.63, 3.8) is 0 Å². The van der Waals surface area contributed by atoms with Crippen molar-refractivity contribution in [2.75, 3.05) is 14.2 Å². The van der Waals surface area contributed by atoms with E-state index in [9.17, 15) is 10.3 Å². The minimum atomic E-state index is -1.38. The molecule has 0 bridgehead atoms. The molecule has 0 N–H and O–H groups in total. The summed E-state index contributed by atoms with van der Waals surface area (Å²) in [6.45, 7) is 0.473. The molecule has 244 valence electrons. The number of ether oxygens (including phenoxy) is 7. The fourth-order valence-corrected chi connectivity index (χ4v) is 5.10. The highest BCUT2D eigenvalue weighted by Crippen LogP contribution is 2.30. The SMILES string of the molecule is COc1ccc(CO[C@H]2OC(=O)[C@@H](N=[N+]=[N-])[C@H](OCc3ccccc3)[C@@H](OCc3ccccc3)[C@@H]2OCc2ccc(OC)cc2)cc1. The Kier molecular flexibility index (Phi) is 12.2. The predicted octanol–water partition coefficient (Wildman–Crippen LogP) is 6.54. The molecule has 1 fully saturated rings. The van der Waals surface area contributed by atoms with Crippen LogP contribution in [-0.2, 0) is 54.9 Å². The van der Waals surface area contributed by atoms with E-state index in [1.165, 1.54) is 0 Å². The number of esters is 1. The Balaban J connectivity index is 1.50. The van der Waals surface area contributed by atoms with Crippen LogP contribution in [0.2, 0.25) is 0 Å². The smallest absolute Gasteiger partial charge is 0.320 e. The first-order valence-electron chi connectivity index (χ1n) is 15.1. The number of carbonyl (C=O) groups is 1. The quantitative estimate of drug-likeness (QED) is 0.0621. The number of rotatable bonds is 15.